The minimum absolute atomic E-state index is 0.161. The summed E-state index contributed by atoms with van der Waals surface area (Å²) in [6.07, 6.45) is 2.18. The van der Waals surface area contributed by atoms with Crippen molar-refractivity contribution in [2.24, 2.45) is 11.8 Å². The van der Waals surface area contributed by atoms with Gasteiger partial charge < -0.3 is 4.74 Å². The van der Waals surface area contributed by atoms with Crippen molar-refractivity contribution in [3.63, 3.8) is 0 Å². The second-order valence-corrected chi connectivity index (χ2v) is 5.14. The summed E-state index contributed by atoms with van der Waals surface area (Å²) in [6, 6.07) is 8.04. The first-order valence-corrected chi connectivity index (χ1v) is 6.40. The van der Waals surface area contributed by atoms with Crippen LogP contribution in [0.5, 0.6) is 0 Å². The second kappa shape index (κ2) is 5.83. The van der Waals surface area contributed by atoms with Crippen LogP contribution in [0.15, 0.2) is 24.3 Å². The van der Waals surface area contributed by atoms with Crippen molar-refractivity contribution >= 4 is 11.6 Å². The van der Waals surface area contributed by atoms with Gasteiger partial charge in [0.05, 0.1) is 12.1 Å². The fourth-order valence-electron chi connectivity index (χ4n) is 2.38. The van der Waals surface area contributed by atoms with Crippen molar-refractivity contribution in [2.75, 3.05) is 6.61 Å². The summed E-state index contributed by atoms with van der Waals surface area (Å²) in [5.74, 6) is 6.20. The van der Waals surface area contributed by atoms with E-state index < -0.39 is 0 Å². The summed E-state index contributed by atoms with van der Waals surface area (Å²) < 4.78 is 5.75. The number of hydrogen-bond acceptors (Lipinski definition) is 3. The molecule has 0 aromatic heterocycles. The van der Waals surface area contributed by atoms with Gasteiger partial charge in [-0.05, 0) is 36.5 Å². The molecule has 94 valence electrons. The predicted octanol–water partition coefficient (Wildman–Crippen LogP) is 2.14. The highest BCUT2D eigenvalue weighted by Crippen LogP contribution is 2.24. The van der Waals surface area contributed by atoms with E-state index in [2.05, 4.69) is 12.3 Å². The van der Waals surface area contributed by atoms with Gasteiger partial charge in [0, 0.05) is 11.6 Å². The lowest BCUT2D eigenvalue weighted by molar-refractivity contribution is 0.0610. The molecule has 2 rings (SSSR count). The number of rotatable bonds is 4. The Kier molecular flexibility index (Phi) is 4.40. The Balaban J connectivity index is 2.01. The van der Waals surface area contributed by atoms with Gasteiger partial charge in [-0.1, -0.05) is 30.7 Å². The van der Waals surface area contributed by atoms with E-state index in [1.165, 1.54) is 5.56 Å². The van der Waals surface area contributed by atoms with Crippen molar-refractivity contribution in [2.45, 2.75) is 31.9 Å². The van der Waals surface area contributed by atoms with Gasteiger partial charge in [-0.2, -0.15) is 0 Å². The summed E-state index contributed by atoms with van der Waals surface area (Å²) in [5.41, 5.74) is 4.10. The van der Waals surface area contributed by atoms with E-state index in [1.54, 1.807) is 0 Å². The molecule has 3 N–H and O–H groups in total. The first-order valence-electron chi connectivity index (χ1n) is 6.03. The summed E-state index contributed by atoms with van der Waals surface area (Å²) in [7, 11) is 0. The van der Waals surface area contributed by atoms with Crippen molar-refractivity contribution in [1.29, 1.82) is 0 Å². The monoisotopic (exact) mass is 254 g/mol. The van der Waals surface area contributed by atoms with Gasteiger partial charge in [0.15, 0.2) is 0 Å². The first-order chi connectivity index (χ1) is 8.20. The topological polar surface area (TPSA) is 47.3 Å². The van der Waals surface area contributed by atoms with Gasteiger partial charge in [-0.15, -0.1) is 0 Å². The summed E-state index contributed by atoms with van der Waals surface area (Å²) in [6.45, 7) is 3.05. The Bertz CT molecular complexity index is 355. The normalized spacial score (nSPS) is 26.1. The molecular formula is C13H19ClN2O. The average Bonchev–Trinajstić information content (AvgIpc) is 2.75. The maximum Gasteiger partial charge on any atom is 0.0771 e. The fourth-order valence-corrected chi connectivity index (χ4v) is 2.50. The molecule has 0 spiro atoms. The van der Waals surface area contributed by atoms with Crippen LogP contribution >= 0.6 is 11.6 Å². The standard InChI is InChI=1S/C13H19ClN2O/c1-9-6-7-17-13(9)12(16-15)8-10-2-4-11(14)5-3-10/h2-5,9,12-13,16H,6-8,15H2,1H3. The van der Waals surface area contributed by atoms with Gasteiger partial charge in [-0.25, -0.2) is 0 Å². The van der Waals surface area contributed by atoms with Crippen LogP contribution < -0.4 is 11.3 Å². The zero-order valence-corrected chi connectivity index (χ0v) is 10.8. The smallest absolute Gasteiger partial charge is 0.0771 e. The molecule has 17 heavy (non-hydrogen) atoms. The van der Waals surface area contributed by atoms with E-state index in [-0.39, 0.29) is 12.1 Å². The Morgan fingerprint density at radius 1 is 1.47 bits per heavy atom. The summed E-state index contributed by atoms with van der Waals surface area (Å²) >= 11 is 5.87. The third-order valence-electron chi connectivity index (χ3n) is 3.42. The Morgan fingerprint density at radius 2 is 2.18 bits per heavy atom. The van der Waals surface area contributed by atoms with Crippen LogP contribution in [-0.2, 0) is 11.2 Å². The number of ether oxygens (including phenoxy) is 1. The van der Waals surface area contributed by atoms with Gasteiger partial charge in [0.1, 0.15) is 0 Å². The van der Waals surface area contributed by atoms with Crippen LogP contribution in [0.1, 0.15) is 18.9 Å². The quantitative estimate of drug-likeness (QED) is 0.639. The molecule has 0 amide bonds. The van der Waals surface area contributed by atoms with Crippen molar-refractivity contribution < 1.29 is 4.74 Å². The third-order valence-corrected chi connectivity index (χ3v) is 3.68. The molecule has 3 atom stereocenters. The SMILES string of the molecule is CC1CCOC1C(Cc1ccc(Cl)cc1)NN. The van der Waals surface area contributed by atoms with E-state index in [1.807, 2.05) is 24.3 Å². The molecule has 1 aliphatic heterocycles. The van der Waals surface area contributed by atoms with Crippen molar-refractivity contribution in [3.8, 4) is 0 Å². The van der Waals surface area contributed by atoms with E-state index in [9.17, 15) is 0 Å². The van der Waals surface area contributed by atoms with Gasteiger partial charge in [0.25, 0.3) is 0 Å². The highest BCUT2D eigenvalue weighted by Gasteiger charge is 2.31. The summed E-state index contributed by atoms with van der Waals surface area (Å²) in [4.78, 5) is 0. The second-order valence-electron chi connectivity index (χ2n) is 4.71. The maximum absolute atomic E-state index is 5.87. The average molecular weight is 255 g/mol. The van der Waals surface area contributed by atoms with Gasteiger partial charge in [-0.3, -0.25) is 11.3 Å². The summed E-state index contributed by atoms with van der Waals surface area (Å²) in [5, 5.41) is 0.761. The van der Waals surface area contributed by atoms with Crippen LogP contribution in [-0.4, -0.2) is 18.8 Å². The van der Waals surface area contributed by atoms with Crippen LogP contribution in [0.25, 0.3) is 0 Å². The maximum atomic E-state index is 5.87. The molecule has 1 heterocycles. The van der Waals surface area contributed by atoms with E-state index in [0.29, 0.717) is 5.92 Å². The first kappa shape index (κ1) is 12.8. The number of benzene rings is 1. The molecule has 0 bridgehead atoms. The Morgan fingerprint density at radius 3 is 2.71 bits per heavy atom. The molecule has 1 aromatic rings. The third kappa shape index (κ3) is 3.19. The lowest BCUT2D eigenvalue weighted by Crippen LogP contribution is -2.47. The van der Waals surface area contributed by atoms with Crippen molar-refractivity contribution in [1.82, 2.24) is 5.43 Å². The molecular weight excluding hydrogens is 236 g/mol. The van der Waals surface area contributed by atoms with E-state index in [0.717, 1.165) is 24.5 Å². The highest BCUT2D eigenvalue weighted by molar-refractivity contribution is 6.30. The number of hydrazine groups is 1. The number of nitrogens with two attached hydrogens (primary N) is 1. The van der Waals surface area contributed by atoms with Crippen LogP contribution in [0.4, 0.5) is 0 Å². The van der Waals surface area contributed by atoms with Gasteiger partial charge in [0.2, 0.25) is 0 Å². The highest BCUT2D eigenvalue weighted by atomic mass is 35.5. The molecule has 1 aliphatic rings. The number of nitrogens with one attached hydrogen (secondary N) is 1. The minimum atomic E-state index is 0.161. The van der Waals surface area contributed by atoms with Crippen LogP contribution in [0.2, 0.25) is 5.02 Å². The largest absolute Gasteiger partial charge is 0.376 e. The molecule has 3 nitrogen and oxygen atoms in total. The Hall–Kier alpha value is -0.610. The number of hydrogen-bond donors (Lipinski definition) is 2. The van der Waals surface area contributed by atoms with Crippen LogP contribution in [0, 0.1) is 5.92 Å². The molecule has 4 heteroatoms. The van der Waals surface area contributed by atoms with Crippen LogP contribution in [0.3, 0.4) is 0 Å². The van der Waals surface area contributed by atoms with E-state index in [4.69, 9.17) is 22.2 Å². The molecule has 1 saturated heterocycles. The molecule has 0 saturated carbocycles. The molecule has 0 aliphatic carbocycles. The lowest BCUT2D eigenvalue weighted by atomic mass is 9.93. The Labute approximate surface area is 107 Å². The fraction of sp³-hybridized carbons (Fsp3) is 0.538. The number of halogens is 1. The zero-order chi connectivity index (χ0) is 12.3. The molecule has 1 aromatic carbocycles. The minimum Gasteiger partial charge on any atom is -0.376 e. The van der Waals surface area contributed by atoms with E-state index >= 15 is 0 Å². The lowest BCUT2D eigenvalue weighted by Gasteiger charge is -2.25. The molecule has 1 fully saturated rings. The predicted molar refractivity (Wildman–Crippen MR) is 69.8 cm³/mol. The molecule has 0 radical (unpaired) electrons. The zero-order valence-electron chi connectivity index (χ0n) is 10.0. The van der Waals surface area contributed by atoms with Crippen molar-refractivity contribution in [3.05, 3.63) is 34.9 Å². The van der Waals surface area contributed by atoms with Gasteiger partial charge >= 0.3 is 0 Å². The molecule has 3 unspecified atom stereocenters.